The van der Waals surface area contributed by atoms with Gasteiger partial charge in [-0.3, -0.25) is 4.79 Å². The second-order valence-electron chi connectivity index (χ2n) is 5.91. The molecule has 0 spiro atoms. The molecule has 0 saturated heterocycles. The highest BCUT2D eigenvalue weighted by Crippen LogP contribution is 2.79. The van der Waals surface area contributed by atoms with Gasteiger partial charge in [0.15, 0.2) is 5.78 Å². The maximum Gasteiger partial charge on any atom is 0.394 e. The Balaban J connectivity index is 1.86. The Kier molecular flexibility index (Phi) is 2.34. The van der Waals surface area contributed by atoms with Gasteiger partial charge in [0.2, 0.25) is 0 Å². The van der Waals surface area contributed by atoms with Gasteiger partial charge in [-0.25, -0.2) is 9.37 Å². The lowest BCUT2D eigenvalue weighted by atomic mass is 9.33. The third-order valence-electron chi connectivity index (χ3n) is 4.54. The van der Waals surface area contributed by atoms with E-state index >= 15 is 0 Å². The van der Waals surface area contributed by atoms with Crippen molar-refractivity contribution in [1.29, 1.82) is 0 Å². The molecule has 3 aliphatic carbocycles. The number of hydrogen-bond donors (Lipinski definition) is 1. The van der Waals surface area contributed by atoms with E-state index < -0.39 is 28.6 Å². The third kappa shape index (κ3) is 1.46. The van der Waals surface area contributed by atoms with Crippen molar-refractivity contribution in [2.45, 2.75) is 32.4 Å². The van der Waals surface area contributed by atoms with Crippen molar-refractivity contribution in [1.82, 2.24) is 4.98 Å². The van der Waals surface area contributed by atoms with Gasteiger partial charge in [0.25, 0.3) is 0 Å². The molecule has 3 nitrogen and oxygen atoms in total. The fourth-order valence-electron chi connectivity index (χ4n) is 3.40. The van der Waals surface area contributed by atoms with E-state index in [1.54, 1.807) is 0 Å². The molecule has 2 bridgehead atoms. The molecule has 3 fully saturated rings. The molecule has 3 saturated carbocycles. The van der Waals surface area contributed by atoms with Crippen LogP contribution in [0.3, 0.4) is 0 Å². The average Bonchev–Trinajstić information content (AvgIpc) is 2.16. The lowest BCUT2D eigenvalue weighted by molar-refractivity contribution is -0.346. The van der Waals surface area contributed by atoms with Gasteiger partial charge in [-0.15, -0.1) is 0 Å². The second-order valence-corrected chi connectivity index (χ2v) is 5.91. The van der Waals surface area contributed by atoms with Crippen LogP contribution >= 0.6 is 0 Å². The van der Waals surface area contributed by atoms with Crippen LogP contribution in [0.25, 0.3) is 0 Å². The maximum absolute atomic E-state index is 13.5. The van der Waals surface area contributed by atoms with E-state index in [-0.39, 0.29) is 36.3 Å². The molecule has 1 heterocycles. The minimum atomic E-state index is -4.28. The molecule has 0 atom stereocenters. The highest BCUT2D eigenvalue weighted by molar-refractivity contribution is 6.06. The molecule has 4 rings (SSSR count). The number of alkyl halides is 3. The minimum absolute atomic E-state index is 0.0587. The highest BCUT2D eigenvalue weighted by atomic mass is 19.4. The Hall–Kier alpha value is -1.66. The summed E-state index contributed by atoms with van der Waals surface area (Å²) in [6.45, 7) is 1.40. The number of carbonyl (C=O) groups excluding carboxylic acids is 1. The van der Waals surface area contributed by atoms with E-state index in [1.807, 2.05) is 0 Å². The molecule has 0 aliphatic heterocycles. The Morgan fingerprint density at radius 3 is 2.40 bits per heavy atom. The number of Topliss-reactive ketones (excluding diaryl/α,β-unsaturated/α-hetero) is 1. The lowest BCUT2D eigenvalue weighted by Crippen LogP contribution is -2.70. The predicted octanol–water partition coefficient (Wildman–Crippen LogP) is 3.03. The number of hydrogen-bond acceptors (Lipinski definition) is 3. The first kappa shape index (κ1) is 13.3. The number of carbonyl (C=O) groups is 1. The zero-order valence-corrected chi connectivity index (χ0v) is 10.6. The zero-order valence-electron chi connectivity index (χ0n) is 10.6. The van der Waals surface area contributed by atoms with Gasteiger partial charge >= 0.3 is 6.18 Å². The number of aromatic nitrogens is 1. The maximum atomic E-state index is 13.5. The summed E-state index contributed by atoms with van der Waals surface area (Å²) in [5.41, 5.74) is 2.80. The molecule has 0 aromatic carbocycles. The van der Waals surface area contributed by atoms with Crippen LogP contribution in [0.5, 0.6) is 0 Å². The summed E-state index contributed by atoms with van der Waals surface area (Å²) >= 11 is 0. The second kappa shape index (κ2) is 3.51. The monoisotopic (exact) mass is 288 g/mol. The smallest absolute Gasteiger partial charge is 0.383 e. The van der Waals surface area contributed by atoms with Gasteiger partial charge in [-0.05, 0) is 32.3 Å². The standard InChI is InChI=1S/C13H12F4N2O/c1-6-8(14)2-7(10(18)19-6)9(20)11-3-12(4-11,5-11)13(15,16)17/h2H,3-5H2,1H3,(H2,18,19). The van der Waals surface area contributed by atoms with Crippen LogP contribution in [0, 0.1) is 23.6 Å². The van der Waals surface area contributed by atoms with Crippen molar-refractivity contribution < 1.29 is 22.4 Å². The summed E-state index contributed by atoms with van der Waals surface area (Å²) in [4.78, 5) is 16.0. The van der Waals surface area contributed by atoms with E-state index in [4.69, 9.17) is 5.73 Å². The van der Waals surface area contributed by atoms with E-state index in [9.17, 15) is 22.4 Å². The summed E-state index contributed by atoms with van der Waals surface area (Å²) in [5.74, 6) is -1.33. The number of pyridine rings is 1. The number of nitrogen functional groups attached to an aromatic ring is 1. The van der Waals surface area contributed by atoms with Crippen molar-refractivity contribution >= 4 is 11.6 Å². The van der Waals surface area contributed by atoms with Gasteiger partial charge < -0.3 is 5.73 Å². The molecular formula is C13H12F4N2O. The fraction of sp³-hybridized carbons (Fsp3) is 0.538. The van der Waals surface area contributed by atoms with Crippen LogP contribution in [0.4, 0.5) is 23.4 Å². The molecular weight excluding hydrogens is 276 g/mol. The van der Waals surface area contributed by atoms with Crippen molar-refractivity contribution in [3.8, 4) is 0 Å². The first-order chi connectivity index (χ1) is 9.10. The van der Waals surface area contributed by atoms with E-state index in [0.717, 1.165) is 6.07 Å². The predicted molar refractivity (Wildman–Crippen MR) is 62.4 cm³/mol. The van der Waals surface area contributed by atoms with Gasteiger partial charge in [-0.2, -0.15) is 13.2 Å². The number of rotatable bonds is 2. The Bertz CT molecular complexity index is 604. The molecule has 0 amide bonds. The number of nitrogens with two attached hydrogens (primary N) is 1. The minimum Gasteiger partial charge on any atom is -0.383 e. The Morgan fingerprint density at radius 1 is 1.35 bits per heavy atom. The van der Waals surface area contributed by atoms with E-state index in [1.165, 1.54) is 6.92 Å². The van der Waals surface area contributed by atoms with Crippen LogP contribution in [0.1, 0.15) is 35.3 Å². The topological polar surface area (TPSA) is 56.0 Å². The average molecular weight is 288 g/mol. The normalized spacial score (nSPS) is 31.4. The zero-order chi connectivity index (χ0) is 14.9. The van der Waals surface area contributed by atoms with Crippen LogP contribution in [0.2, 0.25) is 0 Å². The van der Waals surface area contributed by atoms with Gasteiger partial charge in [0.05, 0.1) is 16.7 Å². The number of anilines is 1. The number of halogens is 4. The van der Waals surface area contributed by atoms with Crippen molar-refractivity contribution in [2.75, 3.05) is 5.73 Å². The van der Waals surface area contributed by atoms with E-state index in [0.29, 0.717) is 0 Å². The molecule has 2 N–H and O–H groups in total. The fourth-order valence-corrected chi connectivity index (χ4v) is 3.40. The van der Waals surface area contributed by atoms with Crippen molar-refractivity contribution in [3.63, 3.8) is 0 Å². The first-order valence-corrected chi connectivity index (χ1v) is 6.14. The Labute approximate surface area is 112 Å². The number of nitrogens with zero attached hydrogens (tertiary/aromatic N) is 1. The molecule has 20 heavy (non-hydrogen) atoms. The highest BCUT2D eigenvalue weighted by Gasteiger charge is 2.80. The van der Waals surface area contributed by atoms with Crippen LogP contribution in [-0.4, -0.2) is 16.9 Å². The van der Waals surface area contributed by atoms with Crippen molar-refractivity contribution in [3.05, 3.63) is 23.1 Å². The summed E-state index contributed by atoms with van der Waals surface area (Å²) in [7, 11) is 0. The quantitative estimate of drug-likeness (QED) is 0.672. The summed E-state index contributed by atoms with van der Waals surface area (Å²) in [5, 5.41) is 0. The largest absolute Gasteiger partial charge is 0.394 e. The van der Waals surface area contributed by atoms with Crippen molar-refractivity contribution in [2.24, 2.45) is 10.8 Å². The first-order valence-electron chi connectivity index (χ1n) is 6.14. The molecule has 0 radical (unpaired) electrons. The third-order valence-corrected chi connectivity index (χ3v) is 4.54. The molecule has 0 unspecified atom stereocenters. The molecule has 1 aromatic rings. The number of ketones is 1. The van der Waals surface area contributed by atoms with Gasteiger partial charge in [-0.1, -0.05) is 0 Å². The molecule has 3 aliphatic rings. The van der Waals surface area contributed by atoms with Crippen LogP contribution < -0.4 is 5.73 Å². The molecule has 108 valence electrons. The summed E-state index contributed by atoms with van der Waals surface area (Å²) < 4.78 is 51.7. The van der Waals surface area contributed by atoms with Crippen LogP contribution in [-0.2, 0) is 0 Å². The van der Waals surface area contributed by atoms with E-state index in [2.05, 4.69) is 4.98 Å². The van der Waals surface area contributed by atoms with Gasteiger partial charge in [0.1, 0.15) is 11.6 Å². The summed E-state index contributed by atoms with van der Waals surface area (Å²) in [6.07, 6.45) is -4.96. The SMILES string of the molecule is Cc1nc(N)c(C(=O)C23CC(C(F)(F)F)(C2)C3)cc1F. The molecule has 1 aromatic heterocycles. The van der Waals surface area contributed by atoms with Gasteiger partial charge in [0, 0.05) is 5.41 Å². The summed E-state index contributed by atoms with van der Waals surface area (Å²) in [6, 6.07) is 0.973. The lowest BCUT2D eigenvalue weighted by Gasteiger charge is -2.69. The van der Waals surface area contributed by atoms with Crippen LogP contribution in [0.15, 0.2) is 6.07 Å². The Morgan fingerprint density at radius 2 is 1.90 bits per heavy atom. The number of aryl methyl sites for hydroxylation is 1. The molecule has 7 heteroatoms.